The monoisotopic (exact) mass is 412 g/mol. The molecule has 1 aromatic carbocycles. The van der Waals surface area contributed by atoms with Crippen molar-refractivity contribution in [2.75, 3.05) is 25.5 Å². The number of hydrogen-bond donors (Lipinski definition) is 1. The van der Waals surface area contributed by atoms with Crippen LogP contribution in [0.2, 0.25) is 0 Å². The molecule has 9 heteroatoms. The Morgan fingerprint density at radius 3 is 2.76 bits per heavy atom. The van der Waals surface area contributed by atoms with E-state index in [0.29, 0.717) is 42.3 Å². The number of carbonyl (C=O) groups is 2. The molecule has 1 N–H and O–H groups in total. The molecule has 0 aliphatic carbocycles. The fourth-order valence-corrected chi connectivity index (χ4v) is 4.14. The van der Waals surface area contributed by atoms with E-state index in [2.05, 4.69) is 10.3 Å². The molecule has 1 fully saturated rings. The quantitative estimate of drug-likeness (QED) is 0.710. The SMILES string of the molecule is COc1ccccc1NC(=O)C1CCN(C(=O)c2cnc3sccn3c2=O)CC1. The number of fused-ring (bicyclic) bond motifs is 1. The van der Waals surface area contributed by atoms with Crippen molar-refractivity contribution in [2.45, 2.75) is 12.8 Å². The lowest BCUT2D eigenvalue weighted by Crippen LogP contribution is -2.43. The Balaban J connectivity index is 1.41. The number of piperidine rings is 1. The Morgan fingerprint density at radius 2 is 2.00 bits per heavy atom. The zero-order valence-corrected chi connectivity index (χ0v) is 16.6. The summed E-state index contributed by atoms with van der Waals surface area (Å²) in [5.74, 6) is -0.0393. The largest absolute Gasteiger partial charge is 0.495 e. The minimum absolute atomic E-state index is 0.0535. The third-order valence-corrected chi connectivity index (χ3v) is 5.86. The van der Waals surface area contributed by atoms with Gasteiger partial charge in [-0.15, -0.1) is 11.3 Å². The van der Waals surface area contributed by atoms with Crippen LogP contribution in [-0.4, -0.2) is 46.3 Å². The van der Waals surface area contributed by atoms with Crippen LogP contribution < -0.4 is 15.6 Å². The second-order valence-corrected chi connectivity index (χ2v) is 7.66. The molecule has 3 heterocycles. The summed E-state index contributed by atoms with van der Waals surface area (Å²) in [5, 5.41) is 4.66. The van der Waals surface area contributed by atoms with Gasteiger partial charge in [0, 0.05) is 36.8 Å². The van der Waals surface area contributed by atoms with Gasteiger partial charge in [-0.1, -0.05) is 12.1 Å². The Kier molecular flexibility index (Phi) is 5.30. The van der Waals surface area contributed by atoms with Gasteiger partial charge in [0.25, 0.3) is 11.5 Å². The molecule has 0 unspecified atom stereocenters. The first-order valence-electron chi connectivity index (χ1n) is 9.26. The number of anilines is 1. The number of amides is 2. The molecule has 4 rings (SSSR count). The summed E-state index contributed by atoms with van der Waals surface area (Å²) in [6, 6.07) is 7.24. The average molecular weight is 412 g/mol. The van der Waals surface area contributed by atoms with Gasteiger partial charge in [-0.3, -0.25) is 18.8 Å². The van der Waals surface area contributed by atoms with E-state index in [1.165, 1.54) is 21.9 Å². The number of benzene rings is 1. The number of likely N-dealkylation sites (tertiary alicyclic amines) is 1. The summed E-state index contributed by atoms with van der Waals surface area (Å²) < 4.78 is 6.64. The number of nitrogens with one attached hydrogen (secondary N) is 1. The van der Waals surface area contributed by atoms with Gasteiger partial charge in [0.1, 0.15) is 11.3 Å². The Labute approximate surface area is 170 Å². The molecule has 0 atom stereocenters. The molecule has 2 amide bonds. The summed E-state index contributed by atoms with van der Waals surface area (Å²) in [4.78, 5) is 44.3. The third-order valence-electron chi connectivity index (χ3n) is 5.09. The number of methoxy groups -OCH3 is 1. The molecule has 1 aliphatic heterocycles. The summed E-state index contributed by atoms with van der Waals surface area (Å²) in [6.07, 6.45) is 4.02. The van der Waals surface area contributed by atoms with Crippen LogP contribution in [0.25, 0.3) is 4.96 Å². The highest BCUT2D eigenvalue weighted by molar-refractivity contribution is 7.15. The number of thiazole rings is 1. The van der Waals surface area contributed by atoms with Crippen molar-refractivity contribution in [3.05, 3.63) is 58.0 Å². The zero-order valence-electron chi connectivity index (χ0n) is 15.8. The first kappa shape index (κ1) is 19.1. The van der Waals surface area contributed by atoms with Gasteiger partial charge >= 0.3 is 0 Å². The lowest BCUT2D eigenvalue weighted by molar-refractivity contribution is -0.121. The van der Waals surface area contributed by atoms with E-state index in [4.69, 9.17) is 4.74 Å². The highest BCUT2D eigenvalue weighted by Crippen LogP contribution is 2.26. The smallest absolute Gasteiger partial charge is 0.271 e. The second-order valence-electron chi connectivity index (χ2n) is 6.79. The molecule has 29 heavy (non-hydrogen) atoms. The molecule has 150 valence electrons. The summed E-state index contributed by atoms with van der Waals surface area (Å²) in [6.45, 7) is 0.823. The van der Waals surface area contributed by atoms with E-state index in [1.54, 1.807) is 35.7 Å². The normalized spacial score (nSPS) is 14.7. The van der Waals surface area contributed by atoms with Crippen molar-refractivity contribution in [2.24, 2.45) is 5.92 Å². The molecule has 3 aromatic rings. The van der Waals surface area contributed by atoms with Gasteiger partial charge in [-0.2, -0.15) is 0 Å². The molecule has 1 saturated heterocycles. The molecule has 0 saturated carbocycles. The van der Waals surface area contributed by atoms with Crippen molar-refractivity contribution in [1.82, 2.24) is 14.3 Å². The number of carbonyl (C=O) groups excluding carboxylic acids is 2. The standard InChI is InChI=1S/C20H20N4O4S/c1-28-16-5-3-2-4-15(16)22-17(25)13-6-8-23(9-7-13)18(26)14-12-21-20-24(19(14)27)10-11-29-20/h2-5,10-13H,6-9H2,1H3,(H,22,25). The summed E-state index contributed by atoms with van der Waals surface area (Å²) in [7, 11) is 1.56. The molecule has 0 spiro atoms. The molecule has 1 aliphatic rings. The number of nitrogens with zero attached hydrogens (tertiary/aromatic N) is 3. The Morgan fingerprint density at radius 1 is 1.24 bits per heavy atom. The van der Waals surface area contributed by atoms with Crippen molar-refractivity contribution < 1.29 is 14.3 Å². The summed E-state index contributed by atoms with van der Waals surface area (Å²) >= 11 is 1.34. The van der Waals surface area contributed by atoms with E-state index in [1.807, 2.05) is 12.1 Å². The molecule has 0 radical (unpaired) electrons. The van der Waals surface area contributed by atoms with Crippen LogP contribution in [0.5, 0.6) is 5.75 Å². The molecule has 0 bridgehead atoms. The number of aromatic nitrogens is 2. The number of ether oxygens (including phenoxy) is 1. The van der Waals surface area contributed by atoms with Crippen molar-refractivity contribution in [3.63, 3.8) is 0 Å². The Bertz CT molecular complexity index is 1110. The maximum Gasteiger partial charge on any atom is 0.271 e. The minimum Gasteiger partial charge on any atom is -0.495 e. The fourth-order valence-electron chi connectivity index (χ4n) is 3.47. The second kappa shape index (κ2) is 8.04. The fraction of sp³-hybridized carbons (Fsp3) is 0.300. The number of rotatable bonds is 4. The lowest BCUT2D eigenvalue weighted by Gasteiger charge is -2.31. The topological polar surface area (TPSA) is 93.0 Å². The lowest BCUT2D eigenvalue weighted by atomic mass is 9.95. The average Bonchev–Trinajstić information content (AvgIpc) is 3.24. The van der Waals surface area contributed by atoms with Crippen LogP contribution >= 0.6 is 11.3 Å². The zero-order chi connectivity index (χ0) is 20.4. The first-order chi connectivity index (χ1) is 14.1. The van der Waals surface area contributed by atoms with Gasteiger partial charge in [0.2, 0.25) is 5.91 Å². The highest BCUT2D eigenvalue weighted by Gasteiger charge is 2.29. The maximum absolute atomic E-state index is 12.8. The van der Waals surface area contributed by atoms with Crippen molar-refractivity contribution in [3.8, 4) is 5.75 Å². The number of hydrogen-bond acceptors (Lipinski definition) is 6. The number of para-hydroxylation sites is 2. The van der Waals surface area contributed by atoms with Crippen molar-refractivity contribution >= 4 is 33.8 Å². The first-order valence-corrected chi connectivity index (χ1v) is 10.1. The molecular weight excluding hydrogens is 392 g/mol. The van der Waals surface area contributed by atoms with Crippen LogP contribution in [-0.2, 0) is 4.79 Å². The van der Waals surface area contributed by atoms with E-state index in [0.717, 1.165) is 0 Å². The Hall–Kier alpha value is -3.20. The predicted molar refractivity (Wildman–Crippen MR) is 110 cm³/mol. The predicted octanol–water partition coefficient (Wildman–Crippen LogP) is 2.26. The van der Waals surface area contributed by atoms with Gasteiger partial charge in [-0.25, -0.2) is 4.98 Å². The van der Waals surface area contributed by atoms with Gasteiger partial charge in [-0.05, 0) is 25.0 Å². The van der Waals surface area contributed by atoms with Crippen LogP contribution in [0.1, 0.15) is 23.2 Å². The maximum atomic E-state index is 12.8. The van der Waals surface area contributed by atoms with Crippen LogP contribution in [0.4, 0.5) is 5.69 Å². The van der Waals surface area contributed by atoms with Crippen LogP contribution in [0.3, 0.4) is 0 Å². The van der Waals surface area contributed by atoms with E-state index in [-0.39, 0.29) is 28.9 Å². The van der Waals surface area contributed by atoms with E-state index in [9.17, 15) is 14.4 Å². The highest BCUT2D eigenvalue weighted by atomic mass is 32.1. The molecular formula is C20H20N4O4S. The van der Waals surface area contributed by atoms with E-state index >= 15 is 0 Å². The molecule has 8 nitrogen and oxygen atoms in total. The van der Waals surface area contributed by atoms with Gasteiger partial charge in [0.15, 0.2) is 4.96 Å². The van der Waals surface area contributed by atoms with Crippen LogP contribution in [0.15, 0.2) is 46.8 Å². The van der Waals surface area contributed by atoms with Gasteiger partial charge in [0.05, 0.1) is 12.8 Å². The van der Waals surface area contributed by atoms with E-state index < -0.39 is 0 Å². The van der Waals surface area contributed by atoms with Gasteiger partial charge < -0.3 is 15.0 Å². The summed E-state index contributed by atoms with van der Waals surface area (Å²) in [5.41, 5.74) is 0.316. The van der Waals surface area contributed by atoms with Crippen LogP contribution in [0, 0.1) is 5.92 Å². The minimum atomic E-state index is -0.364. The third kappa shape index (κ3) is 3.73. The van der Waals surface area contributed by atoms with Crippen molar-refractivity contribution in [1.29, 1.82) is 0 Å². The molecule has 2 aromatic heterocycles.